The summed E-state index contributed by atoms with van der Waals surface area (Å²) in [5, 5.41) is 2.90. The van der Waals surface area contributed by atoms with Crippen LogP contribution >= 0.6 is 11.8 Å². The van der Waals surface area contributed by atoms with Crippen LogP contribution in [0.1, 0.15) is 5.56 Å². The van der Waals surface area contributed by atoms with Crippen LogP contribution < -0.4 is 5.32 Å². The highest BCUT2D eigenvalue weighted by Gasteiger charge is 2.07. The summed E-state index contributed by atoms with van der Waals surface area (Å²) < 4.78 is 38.3. The van der Waals surface area contributed by atoms with Crippen molar-refractivity contribution in [3.63, 3.8) is 0 Å². The van der Waals surface area contributed by atoms with Crippen LogP contribution in [0.4, 0.5) is 13.2 Å². The molecule has 0 aromatic heterocycles. The van der Waals surface area contributed by atoms with Gasteiger partial charge in [-0.05, 0) is 36.4 Å². The van der Waals surface area contributed by atoms with Crippen LogP contribution in [0.15, 0.2) is 47.4 Å². The smallest absolute Gasteiger partial charge is 0.288 e. The first kappa shape index (κ1) is 14.9. The highest BCUT2D eigenvalue weighted by atomic mass is 32.2. The third-order valence-corrected chi connectivity index (χ3v) is 3.56. The standard InChI is InChI=1S/C15H14F3NS/c1-19-9-12-3-2-11(8-14(12)16)10-4-6-13(7-5-10)20-15(17)18/h2-8,15,19H,9H2,1H3. The van der Waals surface area contributed by atoms with Gasteiger partial charge in [-0.2, -0.15) is 8.78 Å². The number of hydrogen-bond acceptors (Lipinski definition) is 2. The second kappa shape index (κ2) is 6.81. The van der Waals surface area contributed by atoms with Gasteiger partial charge in [0, 0.05) is 17.0 Å². The molecule has 0 heterocycles. The molecule has 0 atom stereocenters. The zero-order valence-corrected chi connectivity index (χ0v) is 11.7. The predicted octanol–water partition coefficient (Wildman–Crippen LogP) is 4.53. The molecule has 106 valence electrons. The molecular weight excluding hydrogens is 283 g/mol. The monoisotopic (exact) mass is 297 g/mol. The van der Waals surface area contributed by atoms with E-state index in [-0.39, 0.29) is 5.82 Å². The first-order chi connectivity index (χ1) is 9.60. The minimum atomic E-state index is -2.43. The van der Waals surface area contributed by atoms with Gasteiger partial charge in [-0.15, -0.1) is 0 Å². The SMILES string of the molecule is CNCc1ccc(-c2ccc(SC(F)F)cc2)cc1F. The Bertz CT molecular complexity index is 570. The molecule has 5 heteroatoms. The van der Waals surface area contributed by atoms with Gasteiger partial charge in [0.05, 0.1) is 0 Å². The maximum atomic E-state index is 13.8. The van der Waals surface area contributed by atoms with Crippen LogP contribution in [0, 0.1) is 5.82 Å². The van der Waals surface area contributed by atoms with Crippen molar-refractivity contribution in [3.05, 3.63) is 53.8 Å². The van der Waals surface area contributed by atoms with Crippen molar-refractivity contribution in [3.8, 4) is 11.1 Å². The average molecular weight is 297 g/mol. The summed E-state index contributed by atoms with van der Waals surface area (Å²) in [4.78, 5) is 0.496. The number of nitrogens with one attached hydrogen (secondary N) is 1. The van der Waals surface area contributed by atoms with Gasteiger partial charge in [-0.3, -0.25) is 0 Å². The molecular formula is C15H14F3NS. The lowest BCUT2D eigenvalue weighted by molar-refractivity contribution is 0.252. The van der Waals surface area contributed by atoms with E-state index >= 15 is 0 Å². The lowest BCUT2D eigenvalue weighted by Gasteiger charge is -2.07. The second-order valence-electron chi connectivity index (χ2n) is 4.24. The van der Waals surface area contributed by atoms with E-state index in [1.165, 1.54) is 6.07 Å². The van der Waals surface area contributed by atoms with Crippen molar-refractivity contribution >= 4 is 11.8 Å². The van der Waals surface area contributed by atoms with Gasteiger partial charge in [0.15, 0.2) is 0 Å². The maximum absolute atomic E-state index is 13.8. The number of benzene rings is 2. The average Bonchev–Trinajstić information content (AvgIpc) is 2.41. The van der Waals surface area contributed by atoms with Crippen LogP contribution in [-0.2, 0) is 6.54 Å². The molecule has 0 saturated carbocycles. The molecule has 0 fully saturated rings. The molecule has 0 unspecified atom stereocenters. The summed E-state index contributed by atoms with van der Waals surface area (Å²) in [6, 6.07) is 11.7. The van der Waals surface area contributed by atoms with Crippen LogP contribution in [0.3, 0.4) is 0 Å². The topological polar surface area (TPSA) is 12.0 Å². The lowest BCUT2D eigenvalue weighted by Crippen LogP contribution is -2.06. The fourth-order valence-electron chi connectivity index (χ4n) is 1.89. The summed E-state index contributed by atoms with van der Waals surface area (Å²) in [6.45, 7) is 0.468. The Labute approximate surface area is 120 Å². The van der Waals surface area contributed by atoms with E-state index in [4.69, 9.17) is 0 Å². The third kappa shape index (κ3) is 3.77. The zero-order valence-electron chi connectivity index (χ0n) is 10.9. The van der Waals surface area contributed by atoms with E-state index in [1.54, 1.807) is 37.4 Å². The Morgan fingerprint density at radius 2 is 1.70 bits per heavy atom. The second-order valence-corrected chi connectivity index (χ2v) is 5.30. The van der Waals surface area contributed by atoms with Gasteiger partial charge in [-0.25, -0.2) is 4.39 Å². The highest BCUT2D eigenvalue weighted by molar-refractivity contribution is 7.99. The molecule has 0 radical (unpaired) electrons. The molecule has 0 bridgehead atoms. The van der Waals surface area contributed by atoms with E-state index in [9.17, 15) is 13.2 Å². The summed E-state index contributed by atoms with van der Waals surface area (Å²) in [7, 11) is 1.76. The predicted molar refractivity (Wildman–Crippen MR) is 76.5 cm³/mol. The Hall–Kier alpha value is -1.46. The molecule has 0 aliphatic rings. The van der Waals surface area contributed by atoms with Gasteiger partial charge in [-0.1, -0.05) is 36.0 Å². The Morgan fingerprint density at radius 1 is 1.05 bits per heavy atom. The molecule has 2 aromatic rings. The van der Waals surface area contributed by atoms with E-state index in [2.05, 4.69) is 5.32 Å². The van der Waals surface area contributed by atoms with Gasteiger partial charge in [0.25, 0.3) is 5.76 Å². The molecule has 0 amide bonds. The van der Waals surface area contributed by atoms with Crippen molar-refractivity contribution in [1.82, 2.24) is 5.32 Å². The summed E-state index contributed by atoms with van der Waals surface area (Å²) >= 11 is 0.499. The molecule has 0 aliphatic carbocycles. The molecule has 20 heavy (non-hydrogen) atoms. The van der Waals surface area contributed by atoms with Crippen molar-refractivity contribution in [2.75, 3.05) is 7.05 Å². The zero-order chi connectivity index (χ0) is 14.5. The fourth-order valence-corrected chi connectivity index (χ4v) is 2.39. The number of rotatable bonds is 5. The van der Waals surface area contributed by atoms with Gasteiger partial charge in [0.1, 0.15) is 5.82 Å². The van der Waals surface area contributed by atoms with E-state index < -0.39 is 5.76 Å². The first-order valence-electron chi connectivity index (χ1n) is 6.08. The quantitative estimate of drug-likeness (QED) is 0.814. The molecule has 2 aromatic carbocycles. The largest absolute Gasteiger partial charge is 0.316 e. The van der Waals surface area contributed by atoms with Crippen molar-refractivity contribution < 1.29 is 13.2 Å². The van der Waals surface area contributed by atoms with Gasteiger partial charge in [0.2, 0.25) is 0 Å². The number of hydrogen-bond donors (Lipinski definition) is 1. The van der Waals surface area contributed by atoms with Crippen LogP contribution in [0.2, 0.25) is 0 Å². The van der Waals surface area contributed by atoms with E-state index in [0.717, 1.165) is 11.1 Å². The minimum Gasteiger partial charge on any atom is -0.316 e. The Kier molecular flexibility index (Phi) is 5.09. The van der Waals surface area contributed by atoms with Gasteiger partial charge < -0.3 is 5.32 Å². The lowest BCUT2D eigenvalue weighted by atomic mass is 10.0. The third-order valence-electron chi connectivity index (χ3n) is 2.83. The first-order valence-corrected chi connectivity index (χ1v) is 6.96. The van der Waals surface area contributed by atoms with Crippen LogP contribution in [-0.4, -0.2) is 12.8 Å². The molecule has 0 spiro atoms. The van der Waals surface area contributed by atoms with E-state index in [1.807, 2.05) is 6.07 Å². The van der Waals surface area contributed by atoms with Crippen LogP contribution in [0.25, 0.3) is 11.1 Å². The van der Waals surface area contributed by atoms with Crippen molar-refractivity contribution in [2.24, 2.45) is 0 Å². The van der Waals surface area contributed by atoms with Crippen molar-refractivity contribution in [1.29, 1.82) is 0 Å². The number of thioether (sulfide) groups is 1. The van der Waals surface area contributed by atoms with Crippen LogP contribution in [0.5, 0.6) is 0 Å². The molecule has 0 saturated heterocycles. The Morgan fingerprint density at radius 3 is 2.25 bits per heavy atom. The molecule has 0 aliphatic heterocycles. The van der Waals surface area contributed by atoms with Gasteiger partial charge >= 0.3 is 0 Å². The van der Waals surface area contributed by atoms with E-state index in [0.29, 0.717) is 28.8 Å². The minimum absolute atomic E-state index is 0.275. The summed E-state index contributed by atoms with van der Waals surface area (Å²) in [5.41, 5.74) is 2.13. The summed E-state index contributed by atoms with van der Waals surface area (Å²) in [6.07, 6.45) is 0. The molecule has 1 nitrogen and oxygen atoms in total. The molecule has 2 rings (SSSR count). The number of halogens is 3. The van der Waals surface area contributed by atoms with Crippen molar-refractivity contribution in [2.45, 2.75) is 17.2 Å². The molecule has 1 N–H and O–H groups in total. The fraction of sp³-hybridized carbons (Fsp3) is 0.200. The normalized spacial score (nSPS) is 11.1. The summed E-state index contributed by atoms with van der Waals surface area (Å²) in [5.74, 6) is -2.71. The number of alkyl halides is 2. The highest BCUT2D eigenvalue weighted by Crippen LogP contribution is 2.28. The Balaban J connectivity index is 2.21. The maximum Gasteiger partial charge on any atom is 0.288 e.